The Kier molecular flexibility index (Phi) is 6.36. The Labute approximate surface area is 125 Å². The van der Waals surface area contributed by atoms with Crippen LogP contribution in [0.5, 0.6) is 0 Å². The normalized spacial score (nSPS) is 12.1. The average molecular weight is 318 g/mol. The molecule has 1 unspecified atom stereocenters. The summed E-state index contributed by atoms with van der Waals surface area (Å²) in [5, 5.41) is 13.2. The smallest absolute Gasteiger partial charge is 0.313 e. The van der Waals surface area contributed by atoms with Gasteiger partial charge in [-0.25, -0.2) is 13.2 Å². The summed E-state index contributed by atoms with van der Waals surface area (Å²) in [5.41, 5.74) is -0.650. The van der Waals surface area contributed by atoms with Gasteiger partial charge in [-0.1, -0.05) is 13.8 Å². The van der Waals surface area contributed by atoms with Crippen LogP contribution in [0.1, 0.15) is 20.3 Å². The predicted octanol–water partition coefficient (Wildman–Crippen LogP) is 1.57. The highest BCUT2D eigenvalue weighted by Gasteiger charge is 2.21. The topological polar surface area (TPSA) is 78.4 Å². The monoisotopic (exact) mass is 318 g/mol. The molecule has 1 aromatic rings. The van der Waals surface area contributed by atoms with Gasteiger partial charge in [-0.3, -0.25) is 9.59 Å². The molecule has 122 valence electrons. The summed E-state index contributed by atoms with van der Waals surface area (Å²) < 4.78 is 39.2. The van der Waals surface area contributed by atoms with Gasteiger partial charge in [0.25, 0.3) is 0 Å². The number of nitrogens with one attached hydrogen (secondary N) is 2. The number of rotatable bonds is 5. The van der Waals surface area contributed by atoms with Crippen LogP contribution in [0.15, 0.2) is 12.1 Å². The van der Waals surface area contributed by atoms with E-state index < -0.39 is 41.0 Å². The van der Waals surface area contributed by atoms with Crippen LogP contribution in [0.25, 0.3) is 0 Å². The molecule has 0 saturated carbocycles. The summed E-state index contributed by atoms with van der Waals surface area (Å²) in [4.78, 5) is 23.2. The molecule has 0 spiro atoms. The van der Waals surface area contributed by atoms with Gasteiger partial charge in [-0.2, -0.15) is 0 Å². The fraction of sp³-hybridized carbons (Fsp3) is 0.429. The highest BCUT2D eigenvalue weighted by Crippen LogP contribution is 2.19. The molecule has 22 heavy (non-hydrogen) atoms. The molecule has 1 aromatic carbocycles. The quantitative estimate of drug-likeness (QED) is 0.569. The molecule has 0 fully saturated rings. The van der Waals surface area contributed by atoms with Gasteiger partial charge >= 0.3 is 11.8 Å². The molecule has 8 heteroatoms. The van der Waals surface area contributed by atoms with Crippen molar-refractivity contribution >= 4 is 17.5 Å². The number of aliphatic hydroxyl groups is 1. The van der Waals surface area contributed by atoms with E-state index in [4.69, 9.17) is 5.11 Å². The fourth-order valence-electron chi connectivity index (χ4n) is 1.80. The molecule has 3 N–H and O–H groups in total. The van der Waals surface area contributed by atoms with Gasteiger partial charge in [-0.15, -0.1) is 0 Å². The zero-order chi connectivity index (χ0) is 16.9. The summed E-state index contributed by atoms with van der Waals surface area (Å²) in [7, 11) is 0. The highest BCUT2D eigenvalue weighted by molar-refractivity contribution is 6.39. The molecule has 0 aliphatic rings. The Hall–Kier alpha value is -2.09. The second kappa shape index (κ2) is 7.79. The van der Waals surface area contributed by atoms with Crippen LogP contribution in [-0.2, 0) is 9.59 Å². The first-order valence-electron chi connectivity index (χ1n) is 6.62. The third-order valence-corrected chi connectivity index (χ3v) is 2.80. The lowest BCUT2D eigenvalue weighted by atomic mass is 10.0. The fourth-order valence-corrected chi connectivity index (χ4v) is 1.80. The molecule has 0 aliphatic carbocycles. The van der Waals surface area contributed by atoms with Gasteiger partial charge in [0.15, 0.2) is 17.5 Å². The summed E-state index contributed by atoms with van der Waals surface area (Å²) in [6, 6.07) is 0.797. The predicted molar refractivity (Wildman–Crippen MR) is 73.4 cm³/mol. The molecule has 0 aliphatic heterocycles. The first-order valence-corrected chi connectivity index (χ1v) is 6.62. The van der Waals surface area contributed by atoms with Crippen LogP contribution in [0, 0.1) is 23.4 Å². The van der Waals surface area contributed by atoms with Crippen molar-refractivity contribution in [2.75, 3.05) is 11.9 Å². The van der Waals surface area contributed by atoms with Gasteiger partial charge in [0.2, 0.25) is 0 Å². The van der Waals surface area contributed by atoms with E-state index >= 15 is 0 Å². The van der Waals surface area contributed by atoms with Gasteiger partial charge < -0.3 is 15.7 Å². The van der Waals surface area contributed by atoms with Crippen molar-refractivity contribution in [2.45, 2.75) is 26.3 Å². The second-order valence-electron chi connectivity index (χ2n) is 5.16. The van der Waals surface area contributed by atoms with E-state index in [1.165, 1.54) is 0 Å². The van der Waals surface area contributed by atoms with Crippen molar-refractivity contribution in [3.05, 3.63) is 29.6 Å². The van der Waals surface area contributed by atoms with Gasteiger partial charge in [0, 0.05) is 0 Å². The minimum absolute atomic E-state index is 0.171. The number of hydrogen-bond donors (Lipinski definition) is 3. The third kappa shape index (κ3) is 4.73. The van der Waals surface area contributed by atoms with E-state index in [1.54, 1.807) is 0 Å². The first-order chi connectivity index (χ1) is 10.3. The third-order valence-electron chi connectivity index (χ3n) is 2.80. The maximum absolute atomic E-state index is 13.4. The van der Waals surface area contributed by atoms with Crippen molar-refractivity contribution in [1.29, 1.82) is 0 Å². The lowest BCUT2D eigenvalue weighted by molar-refractivity contribution is -0.136. The van der Waals surface area contributed by atoms with Crippen LogP contribution >= 0.6 is 0 Å². The summed E-state index contributed by atoms with van der Waals surface area (Å²) in [6.45, 7) is 3.37. The van der Waals surface area contributed by atoms with E-state index in [0.717, 1.165) is 6.07 Å². The number of halogens is 3. The zero-order valence-electron chi connectivity index (χ0n) is 12.1. The first kappa shape index (κ1) is 18.0. The number of benzene rings is 1. The van der Waals surface area contributed by atoms with E-state index in [9.17, 15) is 22.8 Å². The lowest BCUT2D eigenvalue weighted by Gasteiger charge is -2.17. The minimum Gasteiger partial charge on any atom is -0.394 e. The summed E-state index contributed by atoms with van der Waals surface area (Å²) in [5.74, 6) is -6.93. The molecule has 0 bridgehead atoms. The minimum atomic E-state index is -1.74. The Balaban J connectivity index is 2.72. The number of anilines is 1. The number of aliphatic hydroxyl groups excluding tert-OH is 1. The van der Waals surface area contributed by atoms with Crippen molar-refractivity contribution in [2.24, 2.45) is 5.92 Å². The summed E-state index contributed by atoms with van der Waals surface area (Å²) in [6.07, 6.45) is 0.440. The van der Waals surface area contributed by atoms with Gasteiger partial charge in [0.1, 0.15) is 0 Å². The molecular weight excluding hydrogens is 301 g/mol. The lowest BCUT2D eigenvalue weighted by Crippen LogP contribution is -2.44. The Morgan fingerprint density at radius 3 is 2.32 bits per heavy atom. The van der Waals surface area contributed by atoms with Gasteiger partial charge in [-0.05, 0) is 24.5 Å². The largest absolute Gasteiger partial charge is 0.394 e. The van der Waals surface area contributed by atoms with Crippen LogP contribution in [-0.4, -0.2) is 29.6 Å². The molecule has 0 radical (unpaired) electrons. The Bertz CT molecular complexity index is 565. The molecule has 0 aromatic heterocycles. The number of carbonyl (C=O) groups is 2. The Morgan fingerprint density at radius 1 is 1.14 bits per heavy atom. The maximum atomic E-state index is 13.4. The van der Waals surface area contributed by atoms with Crippen LogP contribution in [0.3, 0.4) is 0 Å². The van der Waals surface area contributed by atoms with Crippen molar-refractivity contribution in [3.63, 3.8) is 0 Å². The number of amides is 2. The number of hydrogen-bond acceptors (Lipinski definition) is 3. The van der Waals surface area contributed by atoms with Crippen molar-refractivity contribution < 1.29 is 27.9 Å². The molecule has 0 saturated heterocycles. The van der Waals surface area contributed by atoms with Crippen molar-refractivity contribution in [3.8, 4) is 0 Å². The van der Waals surface area contributed by atoms with E-state index in [0.29, 0.717) is 12.5 Å². The van der Waals surface area contributed by atoms with E-state index in [1.807, 2.05) is 19.2 Å². The van der Waals surface area contributed by atoms with Crippen LogP contribution in [0.4, 0.5) is 18.9 Å². The highest BCUT2D eigenvalue weighted by atomic mass is 19.2. The van der Waals surface area contributed by atoms with E-state index in [2.05, 4.69) is 5.32 Å². The molecule has 1 rings (SSSR count). The molecular formula is C14H17F3N2O3. The molecule has 1 atom stereocenters. The maximum Gasteiger partial charge on any atom is 0.313 e. The second-order valence-corrected chi connectivity index (χ2v) is 5.16. The van der Waals surface area contributed by atoms with Crippen LogP contribution < -0.4 is 10.6 Å². The average Bonchev–Trinajstić information content (AvgIpc) is 2.46. The molecule has 0 heterocycles. The van der Waals surface area contributed by atoms with Gasteiger partial charge in [0.05, 0.1) is 18.3 Å². The number of carbonyl (C=O) groups excluding carboxylic acids is 2. The Morgan fingerprint density at radius 2 is 1.77 bits per heavy atom. The molecule has 5 nitrogen and oxygen atoms in total. The zero-order valence-corrected chi connectivity index (χ0v) is 12.1. The van der Waals surface area contributed by atoms with E-state index in [-0.39, 0.29) is 12.5 Å². The molecule has 2 amide bonds. The van der Waals surface area contributed by atoms with Crippen LogP contribution in [0.2, 0.25) is 0 Å². The SMILES string of the molecule is CC(C)CC(CO)NC(=O)C(=O)Nc1ccc(F)c(F)c1F. The standard InChI is InChI=1S/C14H17F3N2O3/c1-7(2)5-8(6-20)18-13(21)14(22)19-10-4-3-9(15)11(16)12(10)17/h3-4,7-8,20H,5-6H2,1-2H3,(H,18,21)(H,19,22). The van der Waals surface area contributed by atoms with Crippen molar-refractivity contribution in [1.82, 2.24) is 5.32 Å². The summed E-state index contributed by atoms with van der Waals surface area (Å²) >= 11 is 0.